The fraction of sp³-hybridized carbons (Fsp3) is 0.387. The van der Waals surface area contributed by atoms with Crippen molar-refractivity contribution in [2.75, 3.05) is 13.1 Å². The first-order valence-electron chi connectivity index (χ1n) is 13.3. The minimum atomic E-state index is -4.67. The first-order chi connectivity index (χ1) is 18.6. The molecule has 1 saturated carbocycles. The highest BCUT2D eigenvalue weighted by atomic mass is 19.4. The Kier molecular flexibility index (Phi) is 7.76. The Hall–Kier alpha value is -3.26. The topological polar surface area (TPSA) is 32.3 Å². The molecule has 0 radical (unpaired) electrons. The number of benzene rings is 3. The van der Waals surface area contributed by atoms with E-state index < -0.39 is 23.0 Å². The number of halogens is 5. The summed E-state index contributed by atoms with van der Waals surface area (Å²) in [6.07, 6.45) is -0.735. The summed E-state index contributed by atoms with van der Waals surface area (Å²) >= 11 is 0. The Morgan fingerprint density at radius 2 is 1.59 bits per heavy atom. The minimum absolute atomic E-state index is 0.0660. The molecule has 0 spiro atoms. The van der Waals surface area contributed by atoms with Crippen LogP contribution in [0.2, 0.25) is 0 Å². The van der Waals surface area contributed by atoms with Crippen LogP contribution >= 0.6 is 0 Å². The van der Waals surface area contributed by atoms with E-state index in [0.29, 0.717) is 24.8 Å². The molecule has 2 unspecified atom stereocenters. The van der Waals surface area contributed by atoms with Crippen molar-refractivity contribution in [2.45, 2.75) is 62.2 Å². The van der Waals surface area contributed by atoms with Crippen molar-refractivity contribution in [3.05, 3.63) is 107 Å². The highest BCUT2D eigenvalue weighted by molar-refractivity contribution is 5.88. The predicted molar refractivity (Wildman–Crippen MR) is 139 cm³/mol. The van der Waals surface area contributed by atoms with Crippen molar-refractivity contribution in [3.63, 3.8) is 0 Å². The summed E-state index contributed by atoms with van der Waals surface area (Å²) in [5.41, 5.74) is 0.193. The standard InChI is InChI=1S/C31H31F5N2O/c32-26-8-6-22(7-9-26)23-11-14-38(15-12-23)28-10-13-30(19-28,24-4-2-1-3-5-24)29(39)37-20-21-16-25(31(34,35)36)18-27(33)17-21/h1-9,16-18,23,28H,10-15,19-20H2,(H,37,39). The summed E-state index contributed by atoms with van der Waals surface area (Å²) in [5, 5.41) is 2.82. The molecule has 1 aliphatic heterocycles. The van der Waals surface area contributed by atoms with Crippen LogP contribution in [0.3, 0.4) is 0 Å². The maximum Gasteiger partial charge on any atom is 0.416 e. The lowest BCUT2D eigenvalue weighted by molar-refractivity contribution is -0.137. The van der Waals surface area contributed by atoms with Gasteiger partial charge in [-0.25, -0.2) is 8.78 Å². The Labute approximate surface area is 225 Å². The second-order valence-corrected chi connectivity index (χ2v) is 10.7. The monoisotopic (exact) mass is 542 g/mol. The quantitative estimate of drug-likeness (QED) is 0.341. The molecule has 2 fully saturated rings. The molecule has 1 N–H and O–H groups in total. The molecule has 0 aromatic heterocycles. The van der Waals surface area contributed by atoms with Gasteiger partial charge in [0.25, 0.3) is 0 Å². The minimum Gasteiger partial charge on any atom is -0.351 e. The molecule has 5 rings (SSSR count). The Bertz CT molecular complexity index is 1290. The van der Waals surface area contributed by atoms with Crippen LogP contribution in [0.4, 0.5) is 22.0 Å². The molecule has 3 aromatic rings. The summed E-state index contributed by atoms with van der Waals surface area (Å²) in [6.45, 7) is 1.56. The zero-order valence-corrected chi connectivity index (χ0v) is 21.5. The van der Waals surface area contributed by atoms with Crippen LogP contribution in [0.25, 0.3) is 0 Å². The SMILES string of the molecule is O=C(NCc1cc(F)cc(C(F)(F)F)c1)C1(c2ccccc2)CCC(N2CCC(c3ccc(F)cc3)CC2)C1. The molecule has 1 heterocycles. The number of carbonyl (C=O) groups excluding carboxylic acids is 1. The molecule has 2 atom stereocenters. The summed E-state index contributed by atoms with van der Waals surface area (Å²) < 4.78 is 66.7. The highest BCUT2D eigenvalue weighted by Gasteiger charge is 2.48. The Morgan fingerprint density at radius 1 is 0.897 bits per heavy atom. The number of likely N-dealkylation sites (tertiary alicyclic amines) is 1. The number of nitrogens with zero attached hydrogens (tertiary/aromatic N) is 1. The summed E-state index contributed by atoms with van der Waals surface area (Å²) in [4.78, 5) is 16.2. The van der Waals surface area contributed by atoms with Crippen molar-refractivity contribution in [2.24, 2.45) is 0 Å². The normalized spacial score (nSPS) is 22.6. The maximum absolute atomic E-state index is 13.9. The van der Waals surface area contributed by atoms with Gasteiger partial charge in [0.15, 0.2) is 0 Å². The number of piperidine rings is 1. The number of carbonyl (C=O) groups is 1. The van der Waals surface area contributed by atoms with E-state index in [2.05, 4.69) is 10.2 Å². The van der Waals surface area contributed by atoms with Crippen molar-refractivity contribution < 1.29 is 26.7 Å². The molecular formula is C31H31F5N2O. The van der Waals surface area contributed by atoms with Crippen LogP contribution in [0, 0.1) is 11.6 Å². The molecule has 0 bridgehead atoms. The molecule has 1 aliphatic carbocycles. The van der Waals surface area contributed by atoms with Crippen molar-refractivity contribution >= 4 is 5.91 Å². The smallest absolute Gasteiger partial charge is 0.351 e. The third kappa shape index (κ3) is 6.01. The van der Waals surface area contributed by atoms with Crippen LogP contribution in [-0.2, 0) is 22.9 Å². The molecule has 1 amide bonds. The number of nitrogens with one attached hydrogen (secondary N) is 1. The maximum atomic E-state index is 13.9. The Balaban J connectivity index is 1.29. The third-order valence-electron chi connectivity index (χ3n) is 8.37. The van der Waals surface area contributed by atoms with Gasteiger partial charge in [-0.2, -0.15) is 13.2 Å². The first kappa shape index (κ1) is 27.3. The molecule has 39 heavy (non-hydrogen) atoms. The fourth-order valence-electron chi connectivity index (χ4n) is 6.29. The van der Waals surface area contributed by atoms with Crippen LogP contribution < -0.4 is 5.32 Å². The highest BCUT2D eigenvalue weighted by Crippen LogP contribution is 2.44. The lowest BCUT2D eigenvalue weighted by Crippen LogP contribution is -2.45. The van der Waals surface area contributed by atoms with Crippen molar-refractivity contribution in [3.8, 4) is 0 Å². The largest absolute Gasteiger partial charge is 0.416 e. The van der Waals surface area contributed by atoms with E-state index in [9.17, 15) is 26.7 Å². The van der Waals surface area contributed by atoms with E-state index in [-0.39, 0.29) is 29.9 Å². The van der Waals surface area contributed by atoms with Gasteiger partial charge in [0.05, 0.1) is 11.0 Å². The van der Waals surface area contributed by atoms with Gasteiger partial charge < -0.3 is 10.2 Å². The molecule has 8 heteroatoms. The zero-order valence-electron chi connectivity index (χ0n) is 21.5. The van der Waals surface area contributed by atoms with E-state index >= 15 is 0 Å². The summed E-state index contributed by atoms with van der Waals surface area (Å²) in [5.74, 6) is -1.11. The van der Waals surface area contributed by atoms with Gasteiger partial charge in [-0.05, 0) is 98.1 Å². The summed E-state index contributed by atoms with van der Waals surface area (Å²) in [6, 6.07) is 18.7. The lowest BCUT2D eigenvalue weighted by Gasteiger charge is -2.37. The van der Waals surface area contributed by atoms with Gasteiger partial charge in [0.2, 0.25) is 5.91 Å². The Morgan fingerprint density at radius 3 is 2.26 bits per heavy atom. The van der Waals surface area contributed by atoms with Gasteiger partial charge in [0.1, 0.15) is 11.6 Å². The lowest BCUT2D eigenvalue weighted by atomic mass is 9.77. The number of hydrogen-bond acceptors (Lipinski definition) is 2. The van der Waals surface area contributed by atoms with Crippen molar-refractivity contribution in [1.82, 2.24) is 10.2 Å². The van der Waals surface area contributed by atoms with E-state index in [1.165, 1.54) is 12.1 Å². The summed E-state index contributed by atoms with van der Waals surface area (Å²) in [7, 11) is 0. The molecule has 3 aromatic carbocycles. The van der Waals surface area contributed by atoms with Crippen LogP contribution in [0.15, 0.2) is 72.8 Å². The molecule has 206 valence electrons. The van der Waals surface area contributed by atoms with Gasteiger partial charge in [0, 0.05) is 12.6 Å². The molecule has 3 nitrogen and oxygen atoms in total. The number of rotatable bonds is 6. The third-order valence-corrected chi connectivity index (χ3v) is 8.37. The van der Waals surface area contributed by atoms with Crippen LogP contribution in [0.5, 0.6) is 0 Å². The average molecular weight is 543 g/mol. The zero-order chi connectivity index (χ0) is 27.6. The molecule has 2 aliphatic rings. The van der Waals surface area contributed by atoms with Gasteiger partial charge in [-0.15, -0.1) is 0 Å². The number of hydrogen-bond donors (Lipinski definition) is 1. The number of alkyl halides is 3. The number of amides is 1. The fourth-order valence-corrected chi connectivity index (χ4v) is 6.29. The average Bonchev–Trinajstić information content (AvgIpc) is 3.39. The van der Waals surface area contributed by atoms with Gasteiger partial charge in [-0.1, -0.05) is 42.5 Å². The van der Waals surface area contributed by atoms with Gasteiger partial charge in [-0.3, -0.25) is 4.79 Å². The molecule has 1 saturated heterocycles. The van der Waals surface area contributed by atoms with Crippen LogP contribution in [-0.4, -0.2) is 29.9 Å². The van der Waals surface area contributed by atoms with Gasteiger partial charge >= 0.3 is 6.18 Å². The second kappa shape index (κ2) is 11.1. The van der Waals surface area contributed by atoms with Crippen molar-refractivity contribution in [1.29, 1.82) is 0 Å². The van der Waals surface area contributed by atoms with E-state index in [4.69, 9.17) is 0 Å². The molecular weight excluding hydrogens is 511 g/mol. The first-order valence-corrected chi connectivity index (χ1v) is 13.3. The van der Waals surface area contributed by atoms with E-state index in [1.54, 1.807) is 0 Å². The van der Waals surface area contributed by atoms with E-state index in [1.807, 2.05) is 42.5 Å². The van der Waals surface area contributed by atoms with E-state index in [0.717, 1.165) is 55.6 Å². The van der Waals surface area contributed by atoms with Crippen LogP contribution in [0.1, 0.15) is 60.3 Å². The second-order valence-electron chi connectivity index (χ2n) is 10.7. The predicted octanol–water partition coefficient (Wildman–Crippen LogP) is 6.97.